The number of carboxylic acid groups (broad SMARTS) is 1. The molecule has 0 bridgehead atoms. The molecule has 0 saturated heterocycles. The molecule has 6 heteroatoms. The van der Waals surface area contributed by atoms with Crippen molar-refractivity contribution < 1.29 is 15.0 Å². The number of aliphatic hydroxyl groups is 1. The predicted octanol–water partition coefficient (Wildman–Crippen LogP) is 1.32. The number of nitrogens with zero attached hydrogens (tertiary/aromatic N) is 2. The zero-order valence-corrected chi connectivity index (χ0v) is 10.3. The third-order valence-corrected chi connectivity index (χ3v) is 2.74. The average Bonchev–Trinajstić information content (AvgIpc) is 2.42. The summed E-state index contributed by atoms with van der Waals surface area (Å²) in [6.45, 7) is 0.297. The Balaban J connectivity index is 2.05. The molecule has 19 heavy (non-hydrogen) atoms. The first-order valence-corrected chi connectivity index (χ1v) is 6.01. The molecule has 1 amide bonds. The minimum absolute atomic E-state index is 0.129. The zero-order chi connectivity index (χ0) is 13.7. The Bertz CT molecular complexity index is 586. The van der Waals surface area contributed by atoms with E-state index in [-0.39, 0.29) is 6.61 Å². The lowest BCUT2D eigenvalue weighted by Gasteiger charge is -2.04. The Morgan fingerprint density at radius 3 is 2.89 bits per heavy atom. The molecule has 0 aliphatic rings. The Morgan fingerprint density at radius 1 is 1.32 bits per heavy atom. The second kappa shape index (κ2) is 6.10. The Hall–Kier alpha value is -2.21. The summed E-state index contributed by atoms with van der Waals surface area (Å²) in [7, 11) is 0. The van der Waals surface area contributed by atoms with E-state index in [2.05, 4.69) is 15.3 Å². The van der Waals surface area contributed by atoms with Gasteiger partial charge >= 0.3 is 6.09 Å². The molecule has 0 aliphatic carbocycles. The SMILES string of the molecule is O=C(O)NCCCc1ccc2ncc(CO)nc2c1. The van der Waals surface area contributed by atoms with Crippen molar-refractivity contribution in [3.63, 3.8) is 0 Å². The van der Waals surface area contributed by atoms with Gasteiger partial charge in [-0.15, -0.1) is 0 Å². The monoisotopic (exact) mass is 261 g/mol. The number of aryl methyl sites for hydroxylation is 1. The number of benzene rings is 1. The molecule has 100 valence electrons. The number of rotatable bonds is 5. The second-order valence-electron chi connectivity index (χ2n) is 4.18. The van der Waals surface area contributed by atoms with Crippen LogP contribution in [0.1, 0.15) is 17.7 Å². The van der Waals surface area contributed by atoms with Crippen molar-refractivity contribution in [2.45, 2.75) is 19.4 Å². The molecular formula is C13H15N3O3. The van der Waals surface area contributed by atoms with Crippen molar-refractivity contribution in [3.8, 4) is 0 Å². The van der Waals surface area contributed by atoms with Crippen molar-refractivity contribution >= 4 is 17.1 Å². The molecule has 2 aromatic rings. The summed E-state index contributed by atoms with van der Waals surface area (Å²) in [4.78, 5) is 18.8. The van der Waals surface area contributed by atoms with Gasteiger partial charge in [-0.3, -0.25) is 4.98 Å². The first-order chi connectivity index (χ1) is 9.19. The van der Waals surface area contributed by atoms with Gasteiger partial charge in [-0.2, -0.15) is 0 Å². The van der Waals surface area contributed by atoms with Crippen LogP contribution in [0.25, 0.3) is 11.0 Å². The lowest BCUT2D eigenvalue weighted by atomic mass is 10.1. The lowest BCUT2D eigenvalue weighted by Crippen LogP contribution is -2.22. The predicted molar refractivity (Wildman–Crippen MR) is 69.8 cm³/mol. The summed E-state index contributed by atoms with van der Waals surface area (Å²) in [5.74, 6) is 0. The maximum absolute atomic E-state index is 10.3. The molecule has 1 heterocycles. The summed E-state index contributed by atoms with van der Waals surface area (Å²) >= 11 is 0. The largest absolute Gasteiger partial charge is 0.465 e. The molecule has 1 aromatic carbocycles. The molecule has 0 spiro atoms. The fourth-order valence-electron chi connectivity index (χ4n) is 1.81. The van der Waals surface area contributed by atoms with Crippen molar-refractivity contribution in [3.05, 3.63) is 35.7 Å². The number of aliphatic hydroxyl groups excluding tert-OH is 1. The highest BCUT2D eigenvalue weighted by molar-refractivity contribution is 5.74. The number of amides is 1. The van der Waals surface area contributed by atoms with Crippen molar-refractivity contribution in [1.29, 1.82) is 0 Å². The zero-order valence-electron chi connectivity index (χ0n) is 10.3. The van der Waals surface area contributed by atoms with E-state index < -0.39 is 6.09 Å². The molecule has 1 aromatic heterocycles. The Morgan fingerprint density at radius 2 is 2.16 bits per heavy atom. The smallest absolute Gasteiger partial charge is 0.404 e. The molecule has 0 unspecified atom stereocenters. The minimum Gasteiger partial charge on any atom is -0.465 e. The second-order valence-corrected chi connectivity index (χ2v) is 4.18. The highest BCUT2D eigenvalue weighted by Crippen LogP contribution is 2.13. The topological polar surface area (TPSA) is 95.3 Å². The lowest BCUT2D eigenvalue weighted by molar-refractivity contribution is 0.194. The van der Waals surface area contributed by atoms with Crippen LogP contribution in [0.2, 0.25) is 0 Å². The van der Waals surface area contributed by atoms with Crippen molar-refractivity contribution in [1.82, 2.24) is 15.3 Å². The van der Waals surface area contributed by atoms with Crippen LogP contribution in [0.5, 0.6) is 0 Å². The van der Waals surface area contributed by atoms with Gasteiger partial charge in [0.25, 0.3) is 0 Å². The van der Waals surface area contributed by atoms with E-state index in [1.165, 1.54) is 0 Å². The molecule has 0 fully saturated rings. The van der Waals surface area contributed by atoms with Gasteiger partial charge in [0.1, 0.15) is 0 Å². The van der Waals surface area contributed by atoms with Gasteiger partial charge in [0, 0.05) is 6.54 Å². The van der Waals surface area contributed by atoms with Gasteiger partial charge in [0.2, 0.25) is 0 Å². The maximum atomic E-state index is 10.3. The third kappa shape index (κ3) is 3.62. The minimum atomic E-state index is -1.00. The molecule has 0 aliphatic heterocycles. The molecule has 2 rings (SSSR count). The summed E-state index contributed by atoms with van der Waals surface area (Å²) < 4.78 is 0. The van der Waals surface area contributed by atoms with E-state index >= 15 is 0 Å². The van der Waals surface area contributed by atoms with Crippen molar-refractivity contribution in [2.75, 3.05) is 6.54 Å². The van der Waals surface area contributed by atoms with Gasteiger partial charge in [-0.1, -0.05) is 6.07 Å². The van der Waals surface area contributed by atoms with E-state index in [9.17, 15) is 4.79 Å². The van der Waals surface area contributed by atoms with Gasteiger partial charge < -0.3 is 15.5 Å². The van der Waals surface area contributed by atoms with E-state index in [4.69, 9.17) is 10.2 Å². The summed E-state index contributed by atoms with van der Waals surface area (Å²) in [6.07, 6.45) is 2.04. The number of hydrogen-bond acceptors (Lipinski definition) is 4. The number of fused-ring (bicyclic) bond motifs is 1. The van der Waals surface area contributed by atoms with Crippen LogP contribution in [0.4, 0.5) is 4.79 Å². The van der Waals surface area contributed by atoms with Crippen LogP contribution in [0.15, 0.2) is 24.4 Å². The average molecular weight is 261 g/mol. The first kappa shape index (κ1) is 13.2. The van der Waals surface area contributed by atoms with Gasteiger partial charge in [0.15, 0.2) is 0 Å². The molecular weight excluding hydrogens is 246 g/mol. The Labute approximate surface area is 110 Å². The van der Waals surface area contributed by atoms with Crippen molar-refractivity contribution in [2.24, 2.45) is 0 Å². The fraction of sp³-hybridized carbons (Fsp3) is 0.308. The molecule has 6 nitrogen and oxygen atoms in total. The summed E-state index contributed by atoms with van der Waals surface area (Å²) in [6, 6.07) is 5.75. The summed E-state index contributed by atoms with van der Waals surface area (Å²) in [5.41, 5.74) is 3.14. The van der Waals surface area contributed by atoms with E-state index in [0.29, 0.717) is 12.2 Å². The van der Waals surface area contributed by atoms with Crippen LogP contribution in [0.3, 0.4) is 0 Å². The van der Waals surface area contributed by atoms with E-state index in [1.54, 1.807) is 6.20 Å². The maximum Gasteiger partial charge on any atom is 0.404 e. The summed E-state index contributed by atoms with van der Waals surface area (Å²) in [5, 5.41) is 19.8. The molecule has 3 N–H and O–H groups in total. The molecule has 0 atom stereocenters. The normalized spacial score (nSPS) is 10.6. The van der Waals surface area contributed by atoms with Gasteiger partial charge in [-0.25, -0.2) is 9.78 Å². The van der Waals surface area contributed by atoms with Crippen LogP contribution in [0, 0.1) is 0 Å². The highest BCUT2D eigenvalue weighted by atomic mass is 16.4. The van der Waals surface area contributed by atoms with Crippen LogP contribution in [-0.2, 0) is 13.0 Å². The quantitative estimate of drug-likeness (QED) is 0.705. The standard InChI is InChI=1S/C13H15N3O3/c17-8-10-7-15-11-4-3-9(6-12(11)16-10)2-1-5-14-13(18)19/h3-4,6-7,14,17H,1-2,5,8H2,(H,18,19). The molecule has 0 radical (unpaired) electrons. The first-order valence-electron chi connectivity index (χ1n) is 6.01. The van der Waals surface area contributed by atoms with Crippen LogP contribution < -0.4 is 5.32 Å². The van der Waals surface area contributed by atoms with Crippen LogP contribution >= 0.6 is 0 Å². The Kier molecular flexibility index (Phi) is 4.25. The van der Waals surface area contributed by atoms with E-state index in [0.717, 1.165) is 29.4 Å². The van der Waals surface area contributed by atoms with E-state index in [1.807, 2.05) is 18.2 Å². The molecule has 0 saturated carbocycles. The highest BCUT2D eigenvalue weighted by Gasteiger charge is 2.01. The number of nitrogens with one attached hydrogen (secondary N) is 1. The third-order valence-electron chi connectivity index (χ3n) is 2.74. The number of carbonyl (C=O) groups is 1. The number of aromatic nitrogens is 2. The van der Waals surface area contributed by atoms with Crippen LogP contribution in [-0.4, -0.2) is 32.8 Å². The van der Waals surface area contributed by atoms with Gasteiger partial charge in [0.05, 0.1) is 29.5 Å². The van der Waals surface area contributed by atoms with Gasteiger partial charge in [-0.05, 0) is 30.5 Å². The fourth-order valence-corrected chi connectivity index (χ4v) is 1.81. The number of hydrogen-bond donors (Lipinski definition) is 3.